The highest BCUT2D eigenvalue weighted by Crippen LogP contribution is 2.34. The number of hydrogen-bond donors (Lipinski definition) is 1. The van der Waals surface area contributed by atoms with Crippen LogP contribution in [0.15, 0.2) is 30.3 Å². The summed E-state index contributed by atoms with van der Waals surface area (Å²) in [4.78, 5) is 30.0. The fourth-order valence-corrected chi connectivity index (χ4v) is 5.02. The second kappa shape index (κ2) is 11.6. The van der Waals surface area contributed by atoms with Gasteiger partial charge in [-0.2, -0.15) is 0 Å². The third-order valence-electron chi connectivity index (χ3n) is 7.01. The molecule has 194 valence electrons. The van der Waals surface area contributed by atoms with Gasteiger partial charge in [-0.3, -0.25) is 9.59 Å². The van der Waals surface area contributed by atoms with Gasteiger partial charge in [0.05, 0.1) is 27.2 Å². The van der Waals surface area contributed by atoms with E-state index < -0.39 is 5.82 Å². The Kier molecular flexibility index (Phi) is 8.30. The summed E-state index contributed by atoms with van der Waals surface area (Å²) in [6.45, 7) is 3.92. The highest BCUT2D eigenvalue weighted by molar-refractivity contribution is 5.94. The minimum atomic E-state index is -0.505. The number of halogens is 1. The Hall–Kier alpha value is -3.33. The number of nitrogens with zero attached hydrogens (tertiary/aromatic N) is 2. The zero-order chi connectivity index (χ0) is 25.7. The molecule has 0 aromatic heterocycles. The molecule has 0 saturated carbocycles. The molecule has 0 spiro atoms. The number of hydrogen-bond acceptors (Lipinski definition) is 6. The van der Waals surface area contributed by atoms with Gasteiger partial charge in [-0.25, -0.2) is 4.39 Å². The molecule has 2 amide bonds. The van der Waals surface area contributed by atoms with Gasteiger partial charge in [0.1, 0.15) is 0 Å². The molecule has 9 heteroatoms. The normalized spacial score (nSPS) is 17.8. The summed E-state index contributed by atoms with van der Waals surface area (Å²) >= 11 is 0. The van der Waals surface area contributed by atoms with Gasteiger partial charge < -0.3 is 29.3 Å². The van der Waals surface area contributed by atoms with Gasteiger partial charge in [-0.15, -0.1) is 0 Å². The average Bonchev–Trinajstić information content (AvgIpc) is 2.91. The van der Waals surface area contributed by atoms with Crippen molar-refractivity contribution in [1.29, 1.82) is 0 Å². The van der Waals surface area contributed by atoms with Crippen LogP contribution in [0.1, 0.15) is 34.3 Å². The molecule has 2 aliphatic rings. The number of rotatable bonds is 8. The van der Waals surface area contributed by atoms with Crippen molar-refractivity contribution < 1.29 is 28.2 Å². The van der Waals surface area contributed by atoms with Crippen molar-refractivity contribution in [3.05, 3.63) is 52.8 Å². The first kappa shape index (κ1) is 25.8. The molecule has 2 aromatic carbocycles. The first-order valence-corrected chi connectivity index (χ1v) is 12.3. The minimum absolute atomic E-state index is 0.0398. The van der Waals surface area contributed by atoms with E-state index in [-0.39, 0.29) is 23.5 Å². The number of nitrogens with one attached hydrogen (secondary N) is 1. The first-order valence-electron chi connectivity index (χ1n) is 12.3. The number of fused-ring (bicyclic) bond motifs is 1. The predicted octanol–water partition coefficient (Wildman–Crippen LogP) is 2.88. The first-order chi connectivity index (χ1) is 17.4. The molecule has 2 aromatic rings. The van der Waals surface area contributed by atoms with Crippen LogP contribution in [0.3, 0.4) is 0 Å². The average molecular weight is 500 g/mol. The quantitative estimate of drug-likeness (QED) is 0.602. The molecule has 1 saturated heterocycles. The van der Waals surface area contributed by atoms with Crippen molar-refractivity contribution in [1.82, 2.24) is 15.1 Å². The molecule has 0 bridgehead atoms. The van der Waals surface area contributed by atoms with Crippen LogP contribution >= 0.6 is 0 Å². The molecule has 2 heterocycles. The van der Waals surface area contributed by atoms with Gasteiger partial charge in [0.2, 0.25) is 5.91 Å². The highest BCUT2D eigenvalue weighted by atomic mass is 19.1. The van der Waals surface area contributed by atoms with Crippen LogP contribution in [0.25, 0.3) is 0 Å². The SMILES string of the molecule is COc1cc(C(=O)NCCN2CCCC(C(=O)N3CCc4cc(OC)c(OC)cc4C3)C2)ccc1F. The van der Waals surface area contributed by atoms with Crippen molar-refractivity contribution in [2.75, 3.05) is 54.1 Å². The largest absolute Gasteiger partial charge is 0.494 e. The van der Waals surface area contributed by atoms with Crippen molar-refractivity contribution in [3.8, 4) is 17.2 Å². The number of piperidine rings is 1. The highest BCUT2D eigenvalue weighted by Gasteiger charge is 2.31. The summed E-state index contributed by atoms with van der Waals surface area (Å²) in [5.74, 6) is 0.768. The Morgan fingerprint density at radius 1 is 1.00 bits per heavy atom. The molecule has 1 N–H and O–H groups in total. The molecule has 4 rings (SSSR count). The Balaban J connectivity index is 1.29. The molecule has 8 nitrogen and oxygen atoms in total. The molecule has 0 aliphatic carbocycles. The summed E-state index contributed by atoms with van der Waals surface area (Å²) in [6.07, 6.45) is 2.60. The molecule has 0 radical (unpaired) electrons. The van der Waals surface area contributed by atoms with E-state index >= 15 is 0 Å². The fraction of sp³-hybridized carbons (Fsp3) is 0.481. The van der Waals surface area contributed by atoms with E-state index in [2.05, 4.69) is 10.2 Å². The number of likely N-dealkylation sites (tertiary alicyclic amines) is 1. The third-order valence-corrected chi connectivity index (χ3v) is 7.01. The molecule has 1 unspecified atom stereocenters. The van der Waals surface area contributed by atoms with Crippen molar-refractivity contribution in [2.45, 2.75) is 25.8 Å². The van der Waals surface area contributed by atoms with Gasteiger partial charge in [0.25, 0.3) is 5.91 Å². The Morgan fingerprint density at radius 2 is 1.72 bits per heavy atom. The van der Waals surface area contributed by atoms with Gasteiger partial charge in [-0.1, -0.05) is 0 Å². The van der Waals surface area contributed by atoms with E-state index in [1.165, 1.54) is 30.9 Å². The standard InChI is InChI=1S/C27H34FN3O5/c1-34-23-14-19(6-7-22(23)28)26(32)29-9-12-30-10-4-5-20(16-30)27(33)31-11-8-18-13-24(35-2)25(36-3)15-21(18)17-31/h6-7,13-15,20H,4-5,8-12,16-17H2,1-3H3,(H,29,32). The zero-order valence-corrected chi connectivity index (χ0v) is 21.1. The number of ether oxygens (including phenoxy) is 3. The summed E-state index contributed by atoms with van der Waals surface area (Å²) in [6, 6.07) is 8.03. The van der Waals surface area contributed by atoms with E-state index in [4.69, 9.17) is 14.2 Å². The number of methoxy groups -OCH3 is 3. The predicted molar refractivity (Wildman–Crippen MR) is 133 cm³/mol. The lowest BCUT2D eigenvalue weighted by Crippen LogP contribution is -2.47. The Morgan fingerprint density at radius 3 is 2.44 bits per heavy atom. The fourth-order valence-electron chi connectivity index (χ4n) is 5.02. The van der Waals surface area contributed by atoms with E-state index in [1.54, 1.807) is 14.2 Å². The minimum Gasteiger partial charge on any atom is -0.494 e. The third kappa shape index (κ3) is 5.73. The Bertz CT molecular complexity index is 1110. The van der Waals surface area contributed by atoms with Crippen molar-refractivity contribution >= 4 is 11.8 Å². The second-order valence-electron chi connectivity index (χ2n) is 9.23. The monoisotopic (exact) mass is 499 g/mol. The topological polar surface area (TPSA) is 80.3 Å². The van der Waals surface area contributed by atoms with E-state index in [1.807, 2.05) is 17.0 Å². The van der Waals surface area contributed by atoms with E-state index in [0.717, 1.165) is 31.4 Å². The lowest BCUT2D eigenvalue weighted by molar-refractivity contribution is -0.138. The van der Waals surface area contributed by atoms with Gasteiger partial charge >= 0.3 is 0 Å². The van der Waals surface area contributed by atoms with Gasteiger partial charge in [-0.05, 0) is 67.3 Å². The van der Waals surface area contributed by atoms with E-state index in [0.29, 0.717) is 49.8 Å². The molecule has 2 aliphatic heterocycles. The van der Waals surface area contributed by atoms with Gasteiger partial charge in [0, 0.05) is 38.3 Å². The summed E-state index contributed by atoms with van der Waals surface area (Å²) in [7, 11) is 4.61. The number of benzene rings is 2. The smallest absolute Gasteiger partial charge is 0.251 e. The summed E-state index contributed by atoms with van der Waals surface area (Å²) in [5.41, 5.74) is 2.64. The molecular formula is C27H34FN3O5. The van der Waals surface area contributed by atoms with Crippen molar-refractivity contribution in [2.24, 2.45) is 5.92 Å². The summed E-state index contributed by atoms with van der Waals surface area (Å²) in [5, 5.41) is 2.88. The van der Waals surface area contributed by atoms with Crippen LogP contribution in [0.4, 0.5) is 4.39 Å². The second-order valence-corrected chi connectivity index (χ2v) is 9.23. The Labute approximate surface area is 211 Å². The zero-order valence-electron chi connectivity index (χ0n) is 21.1. The molecule has 1 atom stereocenters. The lowest BCUT2D eigenvalue weighted by atomic mass is 9.93. The van der Waals surface area contributed by atoms with Crippen LogP contribution in [-0.2, 0) is 17.8 Å². The van der Waals surface area contributed by atoms with Crippen molar-refractivity contribution in [3.63, 3.8) is 0 Å². The lowest BCUT2D eigenvalue weighted by Gasteiger charge is -2.37. The molecular weight excluding hydrogens is 465 g/mol. The van der Waals surface area contributed by atoms with E-state index in [9.17, 15) is 14.0 Å². The number of carbonyl (C=O) groups is 2. The van der Waals surface area contributed by atoms with Crippen LogP contribution in [-0.4, -0.2) is 75.7 Å². The van der Waals surface area contributed by atoms with Gasteiger partial charge in [0.15, 0.2) is 23.1 Å². The molecule has 1 fully saturated rings. The number of carbonyl (C=O) groups excluding carboxylic acids is 2. The maximum absolute atomic E-state index is 13.6. The molecule has 36 heavy (non-hydrogen) atoms. The maximum atomic E-state index is 13.6. The van der Waals surface area contributed by atoms with Crippen LogP contribution in [0.5, 0.6) is 17.2 Å². The summed E-state index contributed by atoms with van der Waals surface area (Å²) < 4.78 is 29.4. The maximum Gasteiger partial charge on any atom is 0.251 e. The van der Waals surface area contributed by atoms with Crippen LogP contribution in [0.2, 0.25) is 0 Å². The number of amides is 2. The van der Waals surface area contributed by atoms with Crippen LogP contribution in [0, 0.1) is 11.7 Å². The van der Waals surface area contributed by atoms with Crippen LogP contribution < -0.4 is 19.5 Å².